The van der Waals surface area contributed by atoms with Gasteiger partial charge in [-0.05, 0) is 32.1 Å². The molecule has 21 heavy (non-hydrogen) atoms. The standard InChI is InChI=1S/C15H23N5O/c1-2-13-17-14-11(4-3-8-20(14)18-13)16-12-7-9-19(15(12)21)10-5-6-10/h10-12,16H,2-9H2,1H3/t11-,12-/m0/s1. The number of hydrogen-bond acceptors (Lipinski definition) is 4. The highest BCUT2D eigenvalue weighted by atomic mass is 16.2. The Hall–Kier alpha value is -1.43. The zero-order chi connectivity index (χ0) is 14.4. The van der Waals surface area contributed by atoms with Crippen LogP contribution in [0.3, 0.4) is 0 Å². The number of hydrogen-bond donors (Lipinski definition) is 1. The molecule has 0 spiro atoms. The van der Waals surface area contributed by atoms with Crippen LogP contribution >= 0.6 is 0 Å². The van der Waals surface area contributed by atoms with E-state index in [1.54, 1.807) is 0 Å². The van der Waals surface area contributed by atoms with Crippen molar-refractivity contribution < 1.29 is 4.79 Å². The maximum atomic E-state index is 12.5. The lowest BCUT2D eigenvalue weighted by atomic mass is 10.1. The Morgan fingerprint density at radius 3 is 2.81 bits per heavy atom. The number of amides is 1. The summed E-state index contributed by atoms with van der Waals surface area (Å²) in [4.78, 5) is 19.2. The second kappa shape index (κ2) is 5.09. The highest BCUT2D eigenvalue weighted by molar-refractivity contribution is 5.84. The van der Waals surface area contributed by atoms with Crippen LogP contribution in [0.25, 0.3) is 0 Å². The molecule has 0 unspecified atom stereocenters. The van der Waals surface area contributed by atoms with E-state index in [0.29, 0.717) is 11.9 Å². The fraction of sp³-hybridized carbons (Fsp3) is 0.800. The first kappa shape index (κ1) is 13.2. The lowest BCUT2D eigenvalue weighted by Crippen LogP contribution is -2.42. The van der Waals surface area contributed by atoms with Crippen molar-refractivity contribution in [2.45, 2.75) is 70.1 Å². The minimum absolute atomic E-state index is 0.0241. The molecule has 0 aromatic carbocycles. The predicted molar refractivity (Wildman–Crippen MR) is 77.7 cm³/mol. The molecule has 0 bridgehead atoms. The molecule has 1 aliphatic carbocycles. The van der Waals surface area contributed by atoms with E-state index >= 15 is 0 Å². The number of fused-ring (bicyclic) bond motifs is 1. The van der Waals surface area contributed by atoms with Gasteiger partial charge < -0.3 is 4.90 Å². The monoisotopic (exact) mass is 289 g/mol. The highest BCUT2D eigenvalue weighted by Crippen LogP contribution is 2.32. The number of carbonyl (C=O) groups excluding carboxylic acids is 1. The zero-order valence-corrected chi connectivity index (χ0v) is 12.6. The van der Waals surface area contributed by atoms with Gasteiger partial charge in [-0.15, -0.1) is 0 Å². The molecule has 6 heteroatoms. The number of nitrogens with one attached hydrogen (secondary N) is 1. The van der Waals surface area contributed by atoms with Crippen LogP contribution in [-0.2, 0) is 17.8 Å². The summed E-state index contributed by atoms with van der Waals surface area (Å²) in [6.07, 6.45) is 6.33. The SMILES string of the molecule is CCc1nc2n(n1)CCC[C@@H]2N[C@H]1CCN(C2CC2)C1=O. The molecule has 4 rings (SSSR count). The Labute approximate surface area is 124 Å². The summed E-state index contributed by atoms with van der Waals surface area (Å²) in [7, 11) is 0. The molecule has 1 saturated heterocycles. The second-order valence-electron chi connectivity index (χ2n) is 6.43. The number of likely N-dealkylation sites (tertiary alicyclic amines) is 1. The van der Waals surface area contributed by atoms with E-state index in [1.807, 2.05) is 4.68 Å². The third kappa shape index (κ3) is 2.35. The number of aromatic nitrogens is 3. The topological polar surface area (TPSA) is 63.1 Å². The number of aryl methyl sites for hydroxylation is 2. The summed E-state index contributed by atoms with van der Waals surface area (Å²) in [5, 5.41) is 8.10. The molecule has 3 heterocycles. The average molecular weight is 289 g/mol. The zero-order valence-electron chi connectivity index (χ0n) is 12.6. The molecule has 2 aliphatic heterocycles. The van der Waals surface area contributed by atoms with Crippen LogP contribution in [0.15, 0.2) is 0 Å². The Morgan fingerprint density at radius 1 is 1.19 bits per heavy atom. The van der Waals surface area contributed by atoms with Gasteiger partial charge in [0.2, 0.25) is 5.91 Å². The van der Waals surface area contributed by atoms with Gasteiger partial charge >= 0.3 is 0 Å². The van der Waals surface area contributed by atoms with Crippen molar-refractivity contribution in [2.24, 2.45) is 0 Å². The lowest BCUT2D eigenvalue weighted by Gasteiger charge is -2.26. The molecular formula is C15H23N5O. The van der Waals surface area contributed by atoms with Gasteiger partial charge in [0, 0.05) is 25.6 Å². The molecule has 3 aliphatic rings. The fourth-order valence-electron chi connectivity index (χ4n) is 3.56. The third-order valence-electron chi connectivity index (χ3n) is 4.86. The van der Waals surface area contributed by atoms with Crippen LogP contribution in [0.1, 0.15) is 56.7 Å². The van der Waals surface area contributed by atoms with Crippen molar-refractivity contribution in [2.75, 3.05) is 6.54 Å². The van der Waals surface area contributed by atoms with Gasteiger partial charge in [0.25, 0.3) is 0 Å². The average Bonchev–Trinajstić information content (AvgIpc) is 3.14. The largest absolute Gasteiger partial charge is 0.338 e. The van der Waals surface area contributed by atoms with Crippen LogP contribution < -0.4 is 5.32 Å². The number of rotatable bonds is 4. The van der Waals surface area contributed by atoms with E-state index in [9.17, 15) is 4.79 Å². The molecule has 1 amide bonds. The van der Waals surface area contributed by atoms with E-state index in [0.717, 1.165) is 50.4 Å². The van der Waals surface area contributed by atoms with E-state index in [-0.39, 0.29) is 12.1 Å². The normalized spacial score (nSPS) is 29.0. The third-order valence-corrected chi connectivity index (χ3v) is 4.86. The highest BCUT2D eigenvalue weighted by Gasteiger charge is 2.41. The summed E-state index contributed by atoms with van der Waals surface area (Å²) in [6.45, 7) is 3.95. The molecule has 114 valence electrons. The van der Waals surface area contributed by atoms with Gasteiger partial charge in [0.05, 0.1) is 12.1 Å². The first-order chi connectivity index (χ1) is 10.3. The van der Waals surface area contributed by atoms with E-state index in [1.165, 1.54) is 12.8 Å². The summed E-state index contributed by atoms with van der Waals surface area (Å²) < 4.78 is 2.03. The van der Waals surface area contributed by atoms with Gasteiger partial charge in [-0.3, -0.25) is 10.1 Å². The molecule has 2 fully saturated rings. The Bertz CT molecular complexity index is 550. The summed E-state index contributed by atoms with van der Waals surface area (Å²) in [6, 6.07) is 0.689. The minimum atomic E-state index is -0.0241. The maximum absolute atomic E-state index is 12.5. The van der Waals surface area contributed by atoms with E-state index in [4.69, 9.17) is 0 Å². The maximum Gasteiger partial charge on any atom is 0.240 e. The quantitative estimate of drug-likeness (QED) is 0.899. The second-order valence-corrected chi connectivity index (χ2v) is 6.43. The Morgan fingerprint density at radius 2 is 2.05 bits per heavy atom. The molecular weight excluding hydrogens is 266 g/mol. The van der Waals surface area contributed by atoms with Gasteiger partial charge in [-0.1, -0.05) is 6.92 Å². The summed E-state index contributed by atoms with van der Waals surface area (Å²) >= 11 is 0. The minimum Gasteiger partial charge on any atom is -0.338 e. The molecule has 2 atom stereocenters. The van der Waals surface area contributed by atoms with Crippen molar-refractivity contribution in [1.82, 2.24) is 25.0 Å². The summed E-state index contributed by atoms with van der Waals surface area (Å²) in [5.74, 6) is 2.23. The molecule has 1 N–H and O–H groups in total. The van der Waals surface area contributed by atoms with E-state index < -0.39 is 0 Å². The van der Waals surface area contributed by atoms with Gasteiger partial charge in [0.15, 0.2) is 5.82 Å². The Balaban J connectivity index is 1.48. The fourth-order valence-corrected chi connectivity index (χ4v) is 3.56. The van der Waals surface area contributed by atoms with Crippen LogP contribution in [0, 0.1) is 0 Å². The first-order valence-corrected chi connectivity index (χ1v) is 8.26. The molecule has 1 aromatic heterocycles. The first-order valence-electron chi connectivity index (χ1n) is 8.26. The van der Waals surface area contributed by atoms with Crippen LogP contribution in [0.5, 0.6) is 0 Å². The van der Waals surface area contributed by atoms with E-state index in [2.05, 4.69) is 27.2 Å². The smallest absolute Gasteiger partial charge is 0.240 e. The van der Waals surface area contributed by atoms with Crippen molar-refractivity contribution in [3.05, 3.63) is 11.6 Å². The molecule has 1 saturated carbocycles. The van der Waals surface area contributed by atoms with Gasteiger partial charge in [0.1, 0.15) is 5.82 Å². The van der Waals surface area contributed by atoms with Gasteiger partial charge in [-0.25, -0.2) is 9.67 Å². The van der Waals surface area contributed by atoms with Gasteiger partial charge in [-0.2, -0.15) is 5.10 Å². The van der Waals surface area contributed by atoms with Crippen molar-refractivity contribution in [1.29, 1.82) is 0 Å². The molecule has 0 radical (unpaired) electrons. The number of carbonyl (C=O) groups is 1. The Kier molecular flexibility index (Phi) is 3.21. The predicted octanol–water partition coefficient (Wildman–Crippen LogP) is 1.03. The molecule has 1 aromatic rings. The van der Waals surface area contributed by atoms with Crippen molar-refractivity contribution in [3.8, 4) is 0 Å². The van der Waals surface area contributed by atoms with Crippen LogP contribution in [0.2, 0.25) is 0 Å². The summed E-state index contributed by atoms with van der Waals surface area (Å²) in [5.41, 5.74) is 0. The van der Waals surface area contributed by atoms with Crippen LogP contribution in [0.4, 0.5) is 0 Å². The number of nitrogens with zero attached hydrogens (tertiary/aromatic N) is 4. The van der Waals surface area contributed by atoms with Crippen LogP contribution in [-0.4, -0.2) is 44.2 Å². The lowest BCUT2D eigenvalue weighted by molar-refractivity contribution is -0.130. The molecule has 6 nitrogen and oxygen atoms in total. The van der Waals surface area contributed by atoms with Crippen molar-refractivity contribution in [3.63, 3.8) is 0 Å². The van der Waals surface area contributed by atoms with Crippen molar-refractivity contribution >= 4 is 5.91 Å².